The minimum atomic E-state index is -0.0979. The van der Waals surface area contributed by atoms with Crippen LogP contribution in [0.15, 0.2) is 55.1 Å². The Kier molecular flexibility index (Phi) is 5.59. The van der Waals surface area contributed by atoms with Gasteiger partial charge in [0.1, 0.15) is 5.69 Å². The van der Waals surface area contributed by atoms with E-state index in [-0.39, 0.29) is 5.91 Å². The fraction of sp³-hybridized carbons (Fsp3) is 0.292. The van der Waals surface area contributed by atoms with Crippen molar-refractivity contribution in [1.82, 2.24) is 4.57 Å². The molecule has 146 valence electrons. The molecule has 0 aliphatic heterocycles. The number of carbonyl (C=O) groups excluding carboxylic acids is 1. The molecule has 0 aliphatic carbocycles. The molecule has 3 rings (SSSR count). The lowest BCUT2D eigenvalue weighted by atomic mass is 10.0. The van der Waals surface area contributed by atoms with Crippen molar-refractivity contribution < 1.29 is 4.79 Å². The average Bonchev–Trinajstić information content (AvgIpc) is 2.94. The number of aryl methyl sites for hydroxylation is 1. The number of allylic oxidation sites excluding steroid dienone is 1. The van der Waals surface area contributed by atoms with Crippen LogP contribution < -0.4 is 10.2 Å². The highest BCUT2D eigenvalue weighted by Crippen LogP contribution is 2.30. The van der Waals surface area contributed by atoms with Gasteiger partial charge in [-0.2, -0.15) is 0 Å². The van der Waals surface area contributed by atoms with Crippen LogP contribution in [0.3, 0.4) is 0 Å². The summed E-state index contributed by atoms with van der Waals surface area (Å²) in [6.45, 7) is 10.9. The van der Waals surface area contributed by atoms with Gasteiger partial charge in [0.2, 0.25) is 0 Å². The highest BCUT2D eigenvalue weighted by Gasteiger charge is 2.20. The molecule has 4 heteroatoms. The highest BCUT2D eigenvalue weighted by atomic mass is 16.2. The molecule has 1 amide bonds. The largest absolute Gasteiger partial charge is 0.378 e. The average molecular weight is 376 g/mol. The van der Waals surface area contributed by atoms with Crippen LogP contribution in [0.2, 0.25) is 0 Å². The molecule has 4 nitrogen and oxygen atoms in total. The summed E-state index contributed by atoms with van der Waals surface area (Å²) in [7, 11) is 3.99. The first-order chi connectivity index (χ1) is 13.3. The Morgan fingerprint density at radius 3 is 2.43 bits per heavy atom. The fourth-order valence-electron chi connectivity index (χ4n) is 3.54. The molecule has 0 fully saturated rings. The molecule has 0 atom stereocenters. The third-order valence-corrected chi connectivity index (χ3v) is 5.18. The molecule has 1 aromatic heterocycles. The molecule has 2 aromatic carbocycles. The van der Waals surface area contributed by atoms with Gasteiger partial charge in [0.15, 0.2) is 0 Å². The van der Waals surface area contributed by atoms with Crippen LogP contribution in [0.4, 0.5) is 11.4 Å². The van der Waals surface area contributed by atoms with E-state index in [0.717, 1.165) is 27.8 Å². The van der Waals surface area contributed by atoms with Crippen molar-refractivity contribution in [2.75, 3.05) is 24.3 Å². The minimum Gasteiger partial charge on any atom is -0.378 e. The maximum atomic E-state index is 13.2. The molecule has 0 saturated carbocycles. The Labute approximate surface area is 167 Å². The predicted molar refractivity (Wildman–Crippen MR) is 120 cm³/mol. The number of aromatic nitrogens is 1. The number of carbonyl (C=O) groups is 1. The van der Waals surface area contributed by atoms with E-state index < -0.39 is 0 Å². The van der Waals surface area contributed by atoms with Crippen LogP contribution in [-0.4, -0.2) is 24.6 Å². The van der Waals surface area contributed by atoms with Crippen molar-refractivity contribution in [3.63, 3.8) is 0 Å². The first kappa shape index (κ1) is 19.7. The second kappa shape index (κ2) is 7.93. The smallest absolute Gasteiger partial charge is 0.272 e. The van der Waals surface area contributed by atoms with Crippen LogP contribution in [0, 0.1) is 6.92 Å². The lowest BCUT2D eigenvalue weighted by Gasteiger charge is -2.14. The van der Waals surface area contributed by atoms with Gasteiger partial charge in [0, 0.05) is 42.9 Å². The Morgan fingerprint density at radius 2 is 1.86 bits per heavy atom. The molecular weight excluding hydrogens is 346 g/mol. The second-order valence-electron chi connectivity index (χ2n) is 7.70. The molecule has 1 heterocycles. The monoisotopic (exact) mass is 375 g/mol. The van der Waals surface area contributed by atoms with Crippen LogP contribution in [0.5, 0.6) is 0 Å². The first-order valence-electron chi connectivity index (χ1n) is 9.65. The number of rotatable bonds is 6. The van der Waals surface area contributed by atoms with Gasteiger partial charge in [-0.05, 0) is 60.4 Å². The van der Waals surface area contributed by atoms with E-state index in [4.69, 9.17) is 0 Å². The Bertz CT molecular complexity index is 1010. The van der Waals surface area contributed by atoms with Gasteiger partial charge in [-0.1, -0.05) is 26.0 Å². The van der Waals surface area contributed by atoms with Crippen molar-refractivity contribution in [2.45, 2.75) is 33.2 Å². The molecule has 0 bridgehead atoms. The van der Waals surface area contributed by atoms with Gasteiger partial charge < -0.3 is 14.8 Å². The predicted octanol–water partition coefficient (Wildman–Crippen LogP) is 5.58. The Hall–Kier alpha value is -3.01. The van der Waals surface area contributed by atoms with E-state index in [0.29, 0.717) is 18.2 Å². The zero-order chi connectivity index (χ0) is 20.4. The third kappa shape index (κ3) is 3.68. The molecule has 0 spiro atoms. The van der Waals surface area contributed by atoms with Crippen LogP contribution >= 0.6 is 0 Å². The highest BCUT2D eigenvalue weighted by molar-refractivity contribution is 6.08. The van der Waals surface area contributed by atoms with Gasteiger partial charge in [-0.15, -0.1) is 6.58 Å². The number of fused-ring (bicyclic) bond motifs is 1. The first-order valence-corrected chi connectivity index (χ1v) is 9.65. The number of nitrogens with one attached hydrogen (secondary N) is 1. The number of hydrogen-bond acceptors (Lipinski definition) is 2. The molecule has 0 unspecified atom stereocenters. The minimum absolute atomic E-state index is 0.0979. The summed E-state index contributed by atoms with van der Waals surface area (Å²) in [5.74, 6) is 0.346. The molecular formula is C24H29N3O. The normalized spacial score (nSPS) is 11.1. The summed E-state index contributed by atoms with van der Waals surface area (Å²) in [5, 5.41) is 4.18. The van der Waals surface area contributed by atoms with E-state index in [1.165, 1.54) is 5.56 Å². The van der Waals surface area contributed by atoms with Crippen molar-refractivity contribution >= 4 is 28.2 Å². The maximum absolute atomic E-state index is 13.2. The molecule has 1 N–H and O–H groups in total. The van der Waals surface area contributed by atoms with E-state index in [9.17, 15) is 4.79 Å². The number of amides is 1. The number of benzene rings is 2. The topological polar surface area (TPSA) is 37.3 Å². The van der Waals surface area contributed by atoms with Crippen molar-refractivity contribution in [3.8, 4) is 0 Å². The molecule has 28 heavy (non-hydrogen) atoms. The van der Waals surface area contributed by atoms with E-state index >= 15 is 0 Å². The standard InChI is InChI=1S/C24H29N3O/c1-7-14-27-22-13-8-18(16(2)3)15-21(22)17(4)23(27)24(28)25-19-9-11-20(12-10-19)26(5)6/h7-13,15-16H,1,14H2,2-6H3,(H,25,28). The quantitative estimate of drug-likeness (QED) is 0.571. The summed E-state index contributed by atoms with van der Waals surface area (Å²) >= 11 is 0. The third-order valence-electron chi connectivity index (χ3n) is 5.18. The maximum Gasteiger partial charge on any atom is 0.272 e. The van der Waals surface area contributed by atoms with Gasteiger partial charge in [0.25, 0.3) is 5.91 Å². The van der Waals surface area contributed by atoms with Crippen LogP contribution in [0.25, 0.3) is 10.9 Å². The summed E-state index contributed by atoms with van der Waals surface area (Å²) in [6, 6.07) is 14.3. The van der Waals surface area contributed by atoms with Crippen molar-refractivity contribution in [1.29, 1.82) is 0 Å². The van der Waals surface area contributed by atoms with Crippen LogP contribution in [-0.2, 0) is 6.54 Å². The number of anilines is 2. The summed E-state index contributed by atoms with van der Waals surface area (Å²) in [4.78, 5) is 15.2. The number of nitrogens with zero attached hydrogens (tertiary/aromatic N) is 2. The van der Waals surface area contributed by atoms with E-state index in [1.807, 2.05) is 60.8 Å². The summed E-state index contributed by atoms with van der Waals surface area (Å²) < 4.78 is 2.05. The van der Waals surface area contributed by atoms with Gasteiger partial charge >= 0.3 is 0 Å². The van der Waals surface area contributed by atoms with Crippen molar-refractivity contribution in [3.05, 3.63) is 71.9 Å². The second-order valence-corrected chi connectivity index (χ2v) is 7.70. The number of hydrogen-bond donors (Lipinski definition) is 1. The molecule has 3 aromatic rings. The summed E-state index contributed by atoms with van der Waals surface area (Å²) in [5.41, 5.74) is 5.91. The van der Waals surface area contributed by atoms with Gasteiger partial charge in [-0.3, -0.25) is 4.79 Å². The van der Waals surface area contributed by atoms with E-state index in [2.05, 4.69) is 43.9 Å². The van der Waals surface area contributed by atoms with Crippen molar-refractivity contribution in [2.24, 2.45) is 0 Å². The Balaban J connectivity index is 2.02. The van der Waals surface area contributed by atoms with Gasteiger partial charge in [-0.25, -0.2) is 0 Å². The Morgan fingerprint density at radius 1 is 1.18 bits per heavy atom. The molecule has 0 radical (unpaired) electrons. The lowest BCUT2D eigenvalue weighted by Crippen LogP contribution is -2.18. The molecule has 0 aliphatic rings. The lowest BCUT2D eigenvalue weighted by molar-refractivity contribution is 0.101. The van der Waals surface area contributed by atoms with Gasteiger partial charge in [0.05, 0.1) is 0 Å². The molecule has 0 saturated heterocycles. The van der Waals surface area contributed by atoms with E-state index in [1.54, 1.807) is 0 Å². The fourth-order valence-corrected chi connectivity index (χ4v) is 3.54. The summed E-state index contributed by atoms with van der Waals surface area (Å²) in [6.07, 6.45) is 1.83. The zero-order valence-corrected chi connectivity index (χ0v) is 17.4. The SMILES string of the molecule is C=CCn1c(C(=O)Nc2ccc(N(C)C)cc2)c(C)c2cc(C(C)C)ccc21. The zero-order valence-electron chi connectivity index (χ0n) is 17.4. The van der Waals surface area contributed by atoms with Crippen LogP contribution in [0.1, 0.15) is 41.4 Å².